The van der Waals surface area contributed by atoms with Crippen molar-refractivity contribution in [3.05, 3.63) is 11.7 Å². The van der Waals surface area contributed by atoms with Gasteiger partial charge in [0.2, 0.25) is 5.89 Å². The van der Waals surface area contributed by atoms with Crippen LogP contribution in [0.1, 0.15) is 69.1 Å². The third kappa shape index (κ3) is 3.53. The highest BCUT2D eigenvalue weighted by molar-refractivity contribution is 4.98. The number of rotatable bonds is 6. The van der Waals surface area contributed by atoms with Gasteiger partial charge in [0, 0.05) is 12.5 Å². The molecular formula is C13H23N3O2. The zero-order valence-corrected chi connectivity index (χ0v) is 11.1. The summed E-state index contributed by atoms with van der Waals surface area (Å²) < 4.78 is 10.7. The van der Waals surface area contributed by atoms with Crippen LogP contribution in [-0.2, 0) is 4.74 Å². The molecule has 1 aromatic heterocycles. The molecule has 18 heavy (non-hydrogen) atoms. The van der Waals surface area contributed by atoms with E-state index in [0.29, 0.717) is 18.3 Å². The fourth-order valence-corrected chi connectivity index (χ4v) is 2.34. The third-order valence-electron chi connectivity index (χ3n) is 3.39. The van der Waals surface area contributed by atoms with Crippen LogP contribution in [0.3, 0.4) is 0 Å². The zero-order chi connectivity index (χ0) is 12.8. The normalized spacial score (nSPS) is 19.0. The highest BCUT2D eigenvalue weighted by Gasteiger charge is 2.23. The van der Waals surface area contributed by atoms with Gasteiger partial charge in [0.05, 0.1) is 12.6 Å². The fraction of sp³-hybridized carbons (Fsp3) is 0.846. The van der Waals surface area contributed by atoms with Crippen molar-refractivity contribution in [3.63, 3.8) is 0 Å². The van der Waals surface area contributed by atoms with Crippen molar-refractivity contribution in [2.45, 2.75) is 57.4 Å². The smallest absolute Gasteiger partial charge is 0.229 e. The van der Waals surface area contributed by atoms with Gasteiger partial charge in [0.15, 0.2) is 5.82 Å². The second-order valence-corrected chi connectivity index (χ2v) is 5.01. The first-order chi connectivity index (χ1) is 8.81. The van der Waals surface area contributed by atoms with Gasteiger partial charge in [-0.3, -0.25) is 0 Å². The molecule has 1 atom stereocenters. The highest BCUT2D eigenvalue weighted by Crippen LogP contribution is 2.31. The van der Waals surface area contributed by atoms with Crippen LogP contribution < -0.4 is 5.73 Å². The van der Waals surface area contributed by atoms with Crippen molar-refractivity contribution < 1.29 is 9.26 Å². The summed E-state index contributed by atoms with van der Waals surface area (Å²) in [6.07, 6.45) is 7.14. The topological polar surface area (TPSA) is 74.2 Å². The molecule has 1 heterocycles. The van der Waals surface area contributed by atoms with E-state index < -0.39 is 0 Å². The molecule has 0 amide bonds. The van der Waals surface area contributed by atoms with E-state index in [2.05, 4.69) is 17.1 Å². The van der Waals surface area contributed by atoms with Gasteiger partial charge in [-0.05, 0) is 19.3 Å². The maximum atomic E-state index is 5.97. The van der Waals surface area contributed by atoms with Gasteiger partial charge in [-0.1, -0.05) is 31.3 Å². The molecule has 0 spiro atoms. The van der Waals surface area contributed by atoms with E-state index >= 15 is 0 Å². The molecule has 0 aliphatic heterocycles. The number of hydrogen-bond donors (Lipinski definition) is 1. The van der Waals surface area contributed by atoms with Crippen molar-refractivity contribution in [2.75, 3.05) is 13.2 Å². The Morgan fingerprint density at radius 1 is 1.39 bits per heavy atom. The van der Waals surface area contributed by atoms with Crippen molar-refractivity contribution >= 4 is 0 Å². The van der Waals surface area contributed by atoms with Gasteiger partial charge in [-0.2, -0.15) is 4.98 Å². The highest BCUT2D eigenvalue weighted by atomic mass is 16.5. The molecule has 2 rings (SSSR count). The Morgan fingerprint density at radius 3 is 2.89 bits per heavy atom. The number of ether oxygens (including phenoxy) is 1. The zero-order valence-electron chi connectivity index (χ0n) is 11.1. The van der Waals surface area contributed by atoms with Crippen LogP contribution in [-0.4, -0.2) is 23.4 Å². The van der Waals surface area contributed by atoms with E-state index in [-0.39, 0.29) is 6.04 Å². The standard InChI is InChI=1S/C13H23N3O2/c1-2-8-17-9-11(14)12-15-13(18-16-12)10-6-4-3-5-7-10/h10-11H,2-9,14H2,1H3. The van der Waals surface area contributed by atoms with E-state index in [4.69, 9.17) is 15.0 Å². The minimum absolute atomic E-state index is 0.280. The molecule has 102 valence electrons. The summed E-state index contributed by atoms with van der Waals surface area (Å²) in [5.41, 5.74) is 5.97. The quantitative estimate of drug-likeness (QED) is 0.788. The lowest BCUT2D eigenvalue weighted by Gasteiger charge is -2.17. The monoisotopic (exact) mass is 253 g/mol. The van der Waals surface area contributed by atoms with Gasteiger partial charge in [-0.15, -0.1) is 0 Å². The summed E-state index contributed by atoms with van der Waals surface area (Å²) in [6, 6.07) is -0.280. The molecule has 2 N–H and O–H groups in total. The third-order valence-corrected chi connectivity index (χ3v) is 3.39. The molecule has 1 saturated carbocycles. The summed E-state index contributed by atoms with van der Waals surface area (Å²) in [7, 11) is 0. The lowest BCUT2D eigenvalue weighted by molar-refractivity contribution is 0.119. The fourth-order valence-electron chi connectivity index (χ4n) is 2.34. The molecular weight excluding hydrogens is 230 g/mol. The minimum atomic E-state index is -0.280. The second-order valence-electron chi connectivity index (χ2n) is 5.01. The molecule has 5 nitrogen and oxygen atoms in total. The average molecular weight is 253 g/mol. The minimum Gasteiger partial charge on any atom is -0.379 e. The molecule has 1 aliphatic rings. The lowest BCUT2D eigenvalue weighted by atomic mass is 9.89. The Kier molecular flexibility index (Phi) is 5.13. The van der Waals surface area contributed by atoms with Crippen LogP contribution in [0.5, 0.6) is 0 Å². The average Bonchev–Trinajstić information content (AvgIpc) is 2.89. The number of nitrogens with zero attached hydrogens (tertiary/aromatic N) is 2. The lowest BCUT2D eigenvalue weighted by Crippen LogP contribution is -2.19. The molecule has 0 radical (unpaired) electrons. The van der Waals surface area contributed by atoms with Crippen LogP contribution in [0, 0.1) is 0 Å². The predicted molar refractivity (Wildman–Crippen MR) is 68.2 cm³/mol. The van der Waals surface area contributed by atoms with Crippen LogP contribution in [0.25, 0.3) is 0 Å². The molecule has 0 aromatic carbocycles. The first kappa shape index (κ1) is 13.5. The van der Waals surface area contributed by atoms with E-state index in [9.17, 15) is 0 Å². The van der Waals surface area contributed by atoms with E-state index in [1.165, 1.54) is 19.3 Å². The van der Waals surface area contributed by atoms with Gasteiger partial charge in [0.1, 0.15) is 0 Å². The van der Waals surface area contributed by atoms with E-state index in [1.807, 2.05) is 0 Å². The maximum absolute atomic E-state index is 5.97. The first-order valence-corrected chi connectivity index (χ1v) is 6.98. The van der Waals surface area contributed by atoms with Crippen LogP contribution >= 0.6 is 0 Å². The first-order valence-electron chi connectivity index (χ1n) is 6.98. The molecule has 1 aromatic rings. The molecule has 1 fully saturated rings. The summed E-state index contributed by atoms with van der Waals surface area (Å²) in [5.74, 6) is 1.77. The molecule has 1 unspecified atom stereocenters. The number of nitrogens with two attached hydrogens (primary N) is 1. The van der Waals surface area contributed by atoms with Crippen molar-refractivity contribution in [2.24, 2.45) is 5.73 Å². The Hall–Kier alpha value is -0.940. The largest absolute Gasteiger partial charge is 0.379 e. The van der Waals surface area contributed by atoms with Gasteiger partial charge in [0.25, 0.3) is 0 Å². The Balaban J connectivity index is 1.88. The van der Waals surface area contributed by atoms with Crippen molar-refractivity contribution in [1.82, 2.24) is 10.1 Å². The second kappa shape index (κ2) is 6.85. The van der Waals surface area contributed by atoms with Crippen LogP contribution in [0.15, 0.2) is 4.52 Å². The Morgan fingerprint density at radius 2 is 2.17 bits per heavy atom. The molecule has 0 bridgehead atoms. The summed E-state index contributed by atoms with van der Waals surface area (Å²) in [4.78, 5) is 4.43. The number of aromatic nitrogens is 2. The molecule has 5 heteroatoms. The van der Waals surface area contributed by atoms with Crippen LogP contribution in [0.2, 0.25) is 0 Å². The SMILES string of the molecule is CCCOCC(N)c1noc(C2CCCCC2)n1. The maximum Gasteiger partial charge on any atom is 0.229 e. The van der Waals surface area contributed by atoms with Crippen molar-refractivity contribution in [1.29, 1.82) is 0 Å². The van der Waals surface area contributed by atoms with Crippen molar-refractivity contribution in [3.8, 4) is 0 Å². The number of hydrogen-bond acceptors (Lipinski definition) is 5. The molecule has 0 saturated heterocycles. The van der Waals surface area contributed by atoms with Crippen LogP contribution in [0.4, 0.5) is 0 Å². The Bertz CT molecular complexity index is 348. The van der Waals surface area contributed by atoms with E-state index in [0.717, 1.165) is 31.8 Å². The summed E-state index contributed by atoms with van der Waals surface area (Å²) in [6.45, 7) is 3.25. The predicted octanol–water partition coefficient (Wildman–Crippen LogP) is 2.54. The summed E-state index contributed by atoms with van der Waals surface area (Å²) >= 11 is 0. The van der Waals surface area contributed by atoms with Gasteiger partial charge >= 0.3 is 0 Å². The van der Waals surface area contributed by atoms with Gasteiger partial charge < -0.3 is 15.0 Å². The van der Waals surface area contributed by atoms with Gasteiger partial charge in [-0.25, -0.2) is 0 Å². The Labute approximate surface area is 108 Å². The molecule has 1 aliphatic carbocycles. The van der Waals surface area contributed by atoms with E-state index in [1.54, 1.807) is 0 Å². The summed E-state index contributed by atoms with van der Waals surface area (Å²) in [5, 5.41) is 3.98.